The maximum absolute atomic E-state index is 10.4. The Kier molecular flexibility index (Phi) is 7.09. The fourth-order valence-electron chi connectivity index (χ4n) is 0.829. The lowest BCUT2D eigenvalue weighted by atomic mass is 10.2. The first-order chi connectivity index (χ1) is 6.07. The molecule has 0 aromatic carbocycles. The molecule has 0 spiro atoms. The molecule has 2 atom stereocenters. The highest BCUT2D eigenvalue weighted by Crippen LogP contribution is 2.15. The minimum Gasteiger partial charge on any atom is -0.480 e. The molecule has 2 unspecified atom stereocenters. The number of carboxylic acid groups (broad SMARTS) is 1. The van der Waals surface area contributed by atoms with Crippen LogP contribution in [0.3, 0.4) is 0 Å². The van der Waals surface area contributed by atoms with Crippen LogP contribution in [-0.2, 0) is 4.79 Å². The maximum atomic E-state index is 10.4. The van der Waals surface area contributed by atoms with E-state index in [1.54, 1.807) is 0 Å². The molecule has 0 aliphatic heterocycles. The summed E-state index contributed by atoms with van der Waals surface area (Å²) >= 11 is 1.88. The summed E-state index contributed by atoms with van der Waals surface area (Å²) in [7, 11) is 0. The van der Waals surface area contributed by atoms with Crippen LogP contribution in [0.5, 0.6) is 0 Å². The van der Waals surface area contributed by atoms with Gasteiger partial charge in [-0.05, 0) is 25.0 Å². The van der Waals surface area contributed by atoms with Crippen LogP contribution in [0.1, 0.15) is 33.1 Å². The van der Waals surface area contributed by atoms with E-state index < -0.39 is 12.0 Å². The van der Waals surface area contributed by atoms with Gasteiger partial charge in [0.2, 0.25) is 0 Å². The third-order valence-electron chi connectivity index (χ3n) is 1.95. The Morgan fingerprint density at radius 3 is 2.69 bits per heavy atom. The van der Waals surface area contributed by atoms with Crippen molar-refractivity contribution in [2.75, 3.05) is 5.75 Å². The van der Waals surface area contributed by atoms with Gasteiger partial charge >= 0.3 is 5.97 Å². The first kappa shape index (κ1) is 12.8. The Labute approximate surface area is 84.1 Å². The topological polar surface area (TPSA) is 63.3 Å². The Balaban J connectivity index is 3.30. The summed E-state index contributed by atoms with van der Waals surface area (Å²) < 4.78 is 0. The third kappa shape index (κ3) is 6.90. The van der Waals surface area contributed by atoms with Gasteiger partial charge in [0, 0.05) is 5.25 Å². The molecular weight excluding hydrogens is 186 g/mol. The van der Waals surface area contributed by atoms with E-state index in [2.05, 4.69) is 13.8 Å². The normalized spacial score (nSPS) is 15.3. The van der Waals surface area contributed by atoms with Crippen molar-refractivity contribution in [3.63, 3.8) is 0 Å². The molecule has 0 amide bonds. The average molecular weight is 205 g/mol. The molecule has 78 valence electrons. The number of aliphatic carboxylic acids is 1. The van der Waals surface area contributed by atoms with Crippen molar-refractivity contribution in [1.29, 1.82) is 0 Å². The Morgan fingerprint density at radius 1 is 1.62 bits per heavy atom. The summed E-state index contributed by atoms with van der Waals surface area (Å²) in [6.45, 7) is 4.34. The molecule has 3 nitrogen and oxygen atoms in total. The highest BCUT2D eigenvalue weighted by atomic mass is 32.2. The Morgan fingerprint density at radius 2 is 2.23 bits per heavy atom. The maximum Gasteiger partial charge on any atom is 0.320 e. The van der Waals surface area contributed by atoms with Crippen molar-refractivity contribution in [3.8, 4) is 0 Å². The van der Waals surface area contributed by atoms with Gasteiger partial charge in [-0.2, -0.15) is 11.8 Å². The highest BCUT2D eigenvalue weighted by Gasteiger charge is 2.10. The van der Waals surface area contributed by atoms with Gasteiger partial charge in [0.05, 0.1) is 0 Å². The van der Waals surface area contributed by atoms with E-state index >= 15 is 0 Å². The molecule has 0 aliphatic rings. The molecule has 0 aromatic heterocycles. The number of thioether (sulfide) groups is 1. The van der Waals surface area contributed by atoms with E-state index in [4.69, 9.17) is 10.8 Å². The Bertz CT molecular complexity index is 153. The summed E-state index contributed by atoms with van der Waals surface area (Å²) in [4.78, 5) is 10.4. The minimum atomic E-state index is -0.895. The first-order valence-corrected chi connectivity index (χ1v) is 5.72. The second kappa shape index (κ2) is 7.21. The van der Waals surface area contributed by atoms with Crippen molar-refractivity contribution >= 4 is 17.7 Å². The predicted molar refractivity (Wildman–Crippen MR) is 57.1 cm³/mol. The van der Waals surface area contributed by atoms with Gasteiger partial charge in [-0.25, -0.2) is 0 Å². The van der Waals surface area contributed by atoms with Crippen molar-refractivity contribution in [3.05, 3.63) is 0 Å². The molecule has 0 saturated carbocycles. The molecule has 0 radical (unpaired) electrons. The van der Waals surface area contributed by atoms with Crippen LogP contribution in [0.15, 0.2) is 0 Å². The van der Waals surface area contributed by atoms with E-state index in [0.29, 0.717) is 11.7 Å². The van der Waals surface area contributed by atoms with E-state index in [1.807, 2.05) is 11.8 Å². The standard InChI is InChI=1S/C9H19NO2S/c1-3-7(2)13-6-4-5-8(10)9(11)12/h7-8H,3-6,10H2,1-2H3,(H,11,12). The zero-order valence-corrected chi connectivity index (χ0v) is 9.14. The van der Waals surface area contributed by atoms with Crippen molar-refractivity contribution in [1.82, 2.24) is 0 Å². The molecule has 0 aromatic rings. The van der Waals surface area contributed by atoms with Crippen LogP contribution in [0.2, 0.25) is 0 Å². The van der Waals surface area contributed by atoms with E-state index in [9.17, 15) is 4.79 Å². The summed E-state index contributed by atoms with van der Waals surface area (Å²) in [5, 5.41) is 9.17. The smallest absolute Gasteiger partial charge is 0.320 e. The van der Waals surface area contributed by atoms with Crippen LogP contribution in [-0.4, -0.2) is 28.1 Å². The zero-order chi connectivity index (χ0) is 10.3. The predicted octanol–water partition coefficient (Wildman–Crippen LogP) is 1.71. The molecule has 0 heterocycles. The molecule has 0 aliphatic carbocycles. The number of rotatable bonds is 7. The number of hydrogen-bond donors (Lipinski definition) is 2. The van der Waals surface area contributed by atoms with Crippen LogP contribution < -0.4 is 5.73 Å². The highest BCUT2D eigenvalue weighted by molar-refractivity contribution is 7.99. The molecule has 4 heteroatoms. The number of carbonyl (C=O) groups is 1. The first-order valence-electron chi connectivity index (χ1n) is 4.68. The van der Waals surface area contributed by atoms with Gasteiger partial charge in [0.1, 0.15) is 6.04 Å². The summed E-state index contributed by atoms with van der Waals surface area (Å²) in [6.07, 6.45) is 2.64. The van der Waals surface area contributed by atoms with Crippen LogP contribution in [0, 0.1) is 0 Å². The molecular formula is C9H19NO2S. The van der Waals surface area contributed by atoms with Gasteiger partial charge in [-0.1, -0.05) is 13.8 Å². The van der Waals surface area contributed by atoms with Crippen LogP contribution in [0.4, 0.5) is 0 Å². The molecule has 0 bridgehead atoms. The fraction of sp³-hybridized carbons (Fsp3) is 0.889. The second-order valence-electron chi connectivity index (χ2n) is 3.18. The van der Waals surface area contributed by atoms with Gasteiger partial charge < -0.3 is 10.8 Å². The van der Waals surface area contributed by atoms with E-state index in [1.165, 1.54) is 0 Å². The van der Waals surface area contributed by atoms with Gasteiger partial charge in [-0.3, -0.25) is 4.79 Å². The zero-order valence-electron chi connectivity index (χ0n) is 8.32. The van der Waals surface area contributed by atoms with E-state index in [0.717, 1.165) is 18.6 Å². The van der Waals surface area contributed by atoms with Crippen molar-refractivity contribution in [2.45, 2.75) is 44.4 Å². The molecule has 0 saturated heterocycles. The summed E-state index contributed by atoms with van der Waals surface area (Å²) in [5.41, 5.74) is 5.36. The molecule has 0 rings (SSSR count). The SMILES string of the molecule is CCC(C)SCCCC(N)C(=O)O. The largest absolute Gasteiger partial charge is 0.480 e. The summed E-state index contributed by atoms with van der Waals surface area (Å²) in [6, 6.07) is -0.683. The lowest BCUT2D eigenvalue weighted by molar-refractivity contribution is -0.138. The molecule has 0 fully saturated rings. The fourth-order valence-corrected chi connectivity index (χ4v) is 1.80. The lowest BCUT2D eigenvalue weighted by Crippen LogP contribution is -2.29. The van der Waals surface area contributed by atoms with Gasteiger partial charge in [0.25, 0.3) is 0 Å². The average Bonchev–Trinajstić information content (AvgIpc) is 2.11. The Hall–Kier alpha value is -0.220. The van der Waals surface area contributed by atoms with Crippen molar-refractivity contribution < 1.29 is 9.90 Å². The monoisotopic (exact) mass is 205 g/mol. The van der Waals surface area contributed by atoms with Crippen molar-refractivity contribution in [2.24, 2.45) is 5.73 Å². The van der Waals surface area contributed by atoms with Gasteiger partial charge in [0.15, 0.2) is 0 Å². The van der Waals surface area contributed by atoms with Crippen LogP contribution in [0.25, 0.3) is 0 Å². The second-order valence-corrected chi connectivity index (χ2v) is 4.72. The van der Waals surface area contributed by atoms with Crippen LogP contribution >= 0.6 is 11.8 Å². The number of carboxylic acids is 1. The third-order valence-corrected chi connectivity index (χ3v) is 3.38. The lowest BCUT2D eigenvalue weighted by Gasteiger charge is -2.09. The molecule has 3 N–H and O–H groups in total. The minimum absolute atomic E-state index is 0.582. The van der Waals surface area contributed by atoms with E-state index in [-0.39, 0.29) is 0 Å². The quantitative estimate of drug-likeness (QED) is 0.621. The molecule has 13 heavy (non-hydrogen) atoms. The van der Waals surface area contributed by atoms with Gasteiger partial charge in [-0.15, -0.1) is 0 Å². The summed E-state index contributed by atoms with van der Waals surface area (Å²) in [5.74, 6) is 0.115. The number of nitrogens with two attached hydrogens (primary N) is 1. The number of hydrogen-bond acceptors (Lipinski definition) is 3.